The molecule has 21 heavy (non-hydrogen) atoms. The van der Waals surface area contributed by atoms with Gasteiger partial charge in [0.1, 0.15) is 0 Å². The maximum atomic E-state index is 14.3. The zero-order valence-electron chi connectivity index (χ0n) is 11.2. The van der Waals surface area contributed by atoms with Crippen molar-refractivity contribution < 1.29 is 9.18 Å². The van der Waals surface area contributed by atoms with Gasteiger partial charge in [-0.3, -0.25) is 4.79 Å². The van der Waals surface area contributed by atoms with Gasteiger partial charge < -0.3 is 5.32 Å². The van der Waals surface area contributed by atoms with E-state index in [2.05, 4.69) is 27.8 Å². The topological polar surface area (TPSA) is 29.1 Å². The first kappa shape index (κ1) is 16.0. The zero-order valence-corrected chi connectivity index (χ0v) is 13.5. The Morgan fingerprint density at radius 3 is 2.90 bits per heavy atom. The highest BCUT2D eigenvalue weighted by atomic mass is 79.9. The monoisotopic (exact) mass is 369 g/mol. The number of halogens is 3. The van der Waals surface area contributed by atoms with Crippen LogP contribution in [0.3, 0.4) is 0 Å². The van der Waals surface area contributed by atoms with Gasteiger partial charge in [0.15, 0.2) is 5.67 Å². The van der Waals surface area contributed by atoms with Crippen molar-refractivity contribution in [3.8, 4) is 0 Å². The van der Waals surface area contributed by atoms with Gasteiger partial charge in [0.2, 0.25) is 0 Å². The summed E-state index contributed by atoms with van der Waals surface area (Å²) in [6.07, 6.45) is 6.23. The summed E-state index contributed by atoms with van der Waals surface area (Å²) >= 11 is 9.03. The molecule has 0 spiro atoms. The summed E-state index contributed by atoms with van der Waals surface area (Å²) in [6.45, 7) is 3.50. The lowest BCUT2D eigenvalue weighted by Crippen LogP contribution is -2.30. The molecule has 1 aromatic rings. The van der Waals surface area contributed by atoms with E-state index in [4.69, 9.17) is 11.6 Å². The van der Waals surface area contributed by atoms with Gasteiger partial charge in [-0.25, -0.2) is 4.39 Å². The van der Waals surface area contributed by atoms with Crippen LogP contribution < -0.4 is 5.32 Å². The van der Waals surface area contributed by atoms with Gasteiger partial charge in [-0.2, -0.15) is 0 Å². The molecule has 2 rings (SSSR count). The molecule has 0 saturated heterocycles. The summed E-state index contributed by atoms with van der Waals surface area (Å²) in [5.41, 5.74) is -1.02. The molecular formula is C16H14BrClFNO. The van der Waals surface area contributed by atoms with E-state index in [9.17, 15) is 9.18 Å². The number of hydrogen-bond donors (Lipinski definition) is 1. The lowest BCUT2D eigenvalue weighted by atomic mass is 10.2. The van der Waals surface area contributed by atoms with Crippen LogP contribution >= 0.6 is 27.5 Å². The first-order valence-corrected chi connectivity index (χ1v) is 7.55. The molecule has 0 aliphatic heterocycles. The Balaban J connectivity index is 1.96. The second-order valence-corrected chi connectivity index (χ2v) is 6.04. The number of allylic oxidation sites excluding steroid dienone is 4. The number of carbonyl (C=O) groups excluding carboxylic acids is 1. The summed E-state index contributed by atoms with van der Waals surface area (Å²) in [4.78, 5) is 12.1. The number of carbonyl (C=O) groups is 1. The molecule has 1 aliphatic rings. The van der Waals surface area contributed by atoms with Crippen LogP contribution in [-0.4, -0.2) is 17.6 Å². The molecule has 1 saturated carbocycles. The summed E-state index contributed by atoms with van der Waals surface area (Å²) in [7, 11) is 0. The Bertz CT molecular complexity index is 628. The second-order valence-electron chi connectivity index (χ2n) is 4.75. The number of nitrogens with one attached hydrogen (secondary N) is 1. The molecule has 0 bridgehead atoms. The lowest BCUT2D eigenvalue weighted by molar-refractivity contribution is 0.0943. The van der Waals surface area contributed by atoms with Crippen LogP contribution in [0.5, 0.6) is 0 Å². The maximum absolute atomic E-state index is 14.3. The van der Waals surface area contributed by atoms with Crippen LogP contribution in [0.25, 0.3) is 0 Å². The molecule has 1 aromatic carbocycles. The largest absolute Gasteiger partial charge is 0.346 e. The van der Waals surface area contributed by atoms with Gasteiger partial charge >= 0.3 is 0 Å². The van der Waals surface area contributed by atoms with E-state index in [1.54, 1.807) is 24.3 Å². The van der Waals surface area contributed by atoms with Crippen molar-refractivity contribution in [1.29, 1.82) is 0 Å². The molecule has 1 fully saturated rings. The average Bonchev–Trinajstić information content (AvgIpc) is 3.08. The highest BCUT2D eigenvalue weighted by molar-refractivity contribution is 9.10. The Morgan fingerprint density at radius 2 is 2.24 bits per heavy atom. The van der Waals surface area contributed by atoms with Gasteiger partial charge in [0, 0.05) is 15.9 Å². The van der Waals surface area contributed by atoms with Gasteiger partial charge in [0.05, 0.1) is 11.6 Å². The molecule has 0 radical (unpaired) electrons. The van der Waals surface area contributed by atoms with E-state index >= 15 is 0 Å². The van der Waals surface area contributed by atoms with Gasteiger partial charge in [-0.1, -0.05) is 42.5 Å². The zero-order chi connectivity index (χ0) is 15.5. The predicted octanol–water partition coefficient (Wildman–Crippen LogP) is 4.52. The fraction of sp³-hybridized carbons (Fsp3) is 0.188. The van der Waals surface area contributed by atoms with Crippen LogP contribution in [0.15, 0.2) is 64.7 Å². The highest BCUT2D eigenvalue weighted by Gasteiger charge is 2.54. The minimum Gasteiger partial charge on any atom is -0.346 e. The standard InChI is InChI=1S/C16H14BrClFNO/c1-2-11(18)6-5-9-16(19)10-14(16)20-15(21)12-7-3-4-8-13(12)17/h2-9,14H,1,10H2,(H,20,21). The van der Waals surface area contributed by atoms with Gasteiger partial charge in [-0.15, -0.1) is 0 Å². The minimum atomic E-state index is -1.51. The number of alkyl halides is 1. The van der Waals surface area contributed by atoms with Crippen LogP contribution in [0.1, 0.15) is 16.8 Å². The number of hydrogen-bond acceptors (Lipinski definition) is 1. The third kappa shape index (κ3) is 4.05. The quantitative estimate of drug-likeness (QED) is 0.758. The molecule has 1 aliphatic carbocycles. The van der Waals surface area contributed by atoms with Crippen molar-refractivity contribution in [2.45, 2.75) is 18.1 Å². The average molecular weight is 371 g/mol. The summed E-state index contributed by atoms with van der Waals surface area (Å²) in [5.74, 6) is -0.292. The smallest absolute Gasteiger partial charge is 0.252 e. The molecule has 0 heterocycles. The third-order valence-corrected chi connectivity index (χ3v) is 4.16. The van der Waals surface area contributed by atoms with E-state index in [-0.39, 0.29) is 12.3 Å². The SMILES string of the molecule is C=CC(Cl)=CC=CC1(F)CC1NC(=O)c1ccccc1Br. The normalized spacial score (nSPS) is 24.9. The summed E-state index contributed by atoms with van der Waals surface area (Å²) in [6, 6.07) is 6.52. The number of amides is 1. The van der Waals surface area contributed by atoms with Crippen molar-refractivity contribution in [2.75, 3.05) is 0 Å². The summed E-state index contributed by atoms with van der Waals surface area (Å²) < 4.78 is 15.0. The Hall–Kier alpha value is -1.39. The van der Waals surface area contributed by atoms with Crippen molar-refractivity contribution in [3.63, 3.8) is 0 Å². The molecule has 2 atom stereocenters. The van der Waals surface area contributed by atoms with E-state index in [1.807, 2.05) is 6.07 Å². The molecule has 2 unspecified atom stereocenters. The fourth-order valence-corrected chi connectivity index (χ4v) is 2.40. The van der Waals surface area contributed by atoms with Crippen molar-refractivity contribution in [3.05, 3.63) is 70.2 Å². The van der Waals surface area contributed by atoms with Crippen molar-refractivity contribution >= 4 is 33.4 Å². The maximum Gasteiger partial charge on any atom is 0.252 e. The Kier molecular flexibility index (Phi) is 5.01. The van der Waals surface area contributed by atoms with Gasteiger partial charge in [0.25, 0.3) is 5.91 Å². The van der Waals surface area contributed by atoms with E-state index in [0.29, 0.717) is 15.1 Å². The van der Waals surface area contributed by atoms with E-state index in [1.165, 1.54) is 18.2 Å². The van der Waals surface area contributed by atoms with Crippen LogP contribution in [0.4, 0.5) is 4.39 Å². The van der Waals surface area contributed by atoms with Crippen molar-refractivity contribution in [2.24, 2.45) is 0 Å². The molecule has 0 aromatic heterocycles. The molecule has 1 amide bonds. The molecule has 1 N–H and O–H groups in total. The van der Waals surface area contributed by atoms with Gasteiger partial charge in [-0.05, 0) is 40.2 Å². The van der Waals surface area contributed by atoms with Crippen molar-refractivity contribution in [1.82, 2.24) is 5.32 Å². The number of benzene rings is 1. The van der Waals surface area contributed by atoms with E-state index in [0.717, 1.165) is 0 Å². The van der Waals surface area contributed by atoms with Crippen LogP contribution in [-0.2, 0) is 0 Å². The fourth-order valence-electron chi connectivity index (χ4n) is 1.86. The first-order chi connectivity index (χ1) is 9.96. The number of rotatable bonds is 5. The van der Waals surface area contributed by atoms with Crippen LogP contribution in [0, 0.1) is 0 Å². The Morgan fingerprint density at radius 1 is 1.52 bits per heavy atom. The molecular weight excluding hydrogens is 357 g/mol. The second kappa shape index (κ2) is 6.58. The third-order valence-electron chi connectivity index (χ3n) is 3.18. The Labute approximate surface area is 136 Å². The van der Waals surface area contributed by atoms with Crippen LogP contribution in [0.2, 0.25) is 0 Å². The molecule has 5 heteroatoms. The molecule has 110 valence electrons. The predicted molar refractivity (Wildman–Crippen MR) is 87.1 cm³/mol. The minimum absolute atomic E-state index is 0.263. The first-order valence-electron chi connectivity index (χ1n) is 6.38. The lowest BCUT2D eigenvalue weighted by Gasteiger charge is -2.07. The summed E-state index contributed by atoms with van der Waals surface area (Å²) in [5, 5.41) is 3.12. The highest BCUT2D eigenvalue weighted by Crippen LogP contribution is 2.42. The van der Waals surface area contributed by atoms with E-state index < -0.39 is 11.7 Å². The molecule has 2 nitrogen and oxygen atoms in total.